The van der Waals surface area contributed by atoms with E-state index in [1.165, 1.54) is 35.5 Å². The number of carbonyl (C=O) groups excluding carboxylic acids is 2. The van der Waals surface area contributed by atoms with Crippen LogP contribution in [0.4, 0.5) is 0 Å². The summed E-state index contributed by atoms with van der Waals surface area (Å²) in [5, 5.41) is 2.92. The van der Waals surface area contributed by atoms with Gasteiger partial charge in [-0.1, -0.05) is 28.1 Å². The first-order chi connectivity index (χ1) is 14.2. The van der Waals surface area contributed by atoms with E-state index in [0.29, 0.717) is 18.7 Å². The molecule has 1 aliphatic heterocycles. The van der Waals surface area contributed by atoms with Crippen molar-refractivity contribution in [3.8, 4) is 0 Å². The number of amides is 2. The zero-order chi connectivity index (χ0) is 21.9. The molecule has 2 amide bonds. The van der Waals surface area contributed by atoms with E-state index >= 15 is 0 Å². The van der Waals surface area contributed by atoms with Crippen molar-refractivity contribution in [3.05, 3.63) is 64.1 Å². The Morgan fingerprint density at radius 3 is 2.07 bits per heavy atom. The summed E-state index contributed by atoms with van der Waals surface area (Å²) in [5.41, 5.74) is 1.36. The number of nitrogens with one attached hydrogen (secondary N) is 1. The van der Waals surface area contributed by atoms with Crippen LogP contribution in [-0.2, 0) is 14.8 Å². The molecule has 3 rings (SSSR count). The van der Waals surface area contributed by atoms with Gasteiger partial charge in [-0.2, -0.15) is 4.31 Å². The first kappa shape index (κ1) is 22.5. The number of hydrogen-bond acceptors (Lipinski definition) is 4. The lowest BCUT2D eigenvalue weighted by atomic mass is 10.1. The van der Waals surface area contributed by atoms with Crippen LogP contribution in [-0.4, -0.2) is 55.6 Å². The molecule has 7 nitrogen and oxygen atoms in total. The minimum absolute atomic E-state index is 0.0558. The predicted molar refractivity (Wildman–Crippen MR) is 117 cm³/mol. The molecule has 1 heterocycles. The van der Waals surface area contributed by atoms with E-state index in [-0.39, 0.29) is 35.8 Å². The molecule has 30 heavy (non-hydrogen) atoms. The first-order valence-corrected chi connectivity index (χ1v) is 11.8. The summed E-state index contributed by atoms with van der Waals surface area (Å²) >= 11 is 3.39. The van der Waals surface area contributed by atoms with Crippen molar-refractivity contribution >= 4 is 37.8 Å². The van der Waals surface area contributed by atoms with E-state index < -0.39 is 10.0 Å². The van der Waals surface area contributed by atoms with Crippen molar-refractivity contribution in [2.24, 2.45) is 0 Å². The van der Waals surface area contributed by atoms with Crippen molar-refractivity contribution in [2.45, 2.75) is 24.8 Å². The summed E-state index contributed by atoms with van der Waals surface area (Å²) in [6.07, 6.45) is 0. The molecule has 1 aliphatic rings. The molecule has 0 saturated carbocycles. The van der Waals surface area contributed by atoms with E-state index in [9.17, 15) is 18.0 Å². The van der Waals surface area contributed by atoms with Crippen LogP contribution < -0.4 is 5.32 Å². The molecule has 1 fully saturated rings. The molecular formula is C21H24BrN3O4S. The van der Waals surface area contributed by atoms with Gasteiger partial charge < -0.3 is 10.2 Å². The van der Waals surface area contributed by atoms with Gasteiger partial charge in [-0.3, -0.25) is 9.59 Å². The zero-order valence-corrected chi connectivity index (χ0v) is 19.2. The van der Waals surface area contributed by atoms with Gasteiger partial charge in [-0.25, -0.2) is 8.42 Å². The van der Waals surface area contributed by atoms with Gasteiger partial charge in [0.25, 0.3) is 5.91 Å². The van der Waals surface area contributed by atoms with Gasteiger partial charge in [0.1, 0.15) is 0 Å². The second-order valence-electron chi connectivity index (χ2n) is 7.18. The highest BCUT2D eigenvalue weighted by Gasteiger charge is 2.29. The maximum Gasteiger partial charge on any atom is 0.251 e. The molecule has 0 radical (unpaired) electrons. The lowest BCUT2D eigenvalue weighted by molar-refractivity contribution is -0.129. The number of halogens is 1. The number of benzene rings is 2. The molecule has 0 spiro atoms. The SMILES string of the molecule is CC(=O)N1CCN(S(=O)(=O)c2ccc(C(=O)N[C@H](C)c3ccc(Br)cc3)cc2)CC1. The summed E-state index contributed by atoms with van der Waals surface area (Å²) in [6, 6.07) is 13.4. The molecule has 1 atom stereocenters. The van der Waals surface area contributed by atoms with Crippen molar-refractivity contribution < 1.29 is 18.0 Å². The summed E-state index contributed by atoms with van der Waals surface area (Å²) < 4.78 is 28.0. The number of rotatable bonds is 5. The monoisotopic (exact) mass is 493 g/mol. The molecule has 1 saturated heterocycles. The summed E-state index contributed by atoms with van der Waals surface area (Å²) in [6.45, 7) is 4.64. The molecule has 2 aromatic rings. The molecule has 160 valence electrons. The van der Waals surface area contributed by atoms with Gasteiger partial charge in [0.05, 0.1) is 10.9 Å². The zero-order valence-electron chi connectivity index (χ0n) is 16.8. The van der Waals surface area contributed by atoms with Crippen LogP contribution in [0.15, 0.2) is 57.9 Å². The van der Waals surface area contributed by atoms with E-state index in [2.05, 4.69) is 21.2 Å². The minimum atomic E-state index is -3.66. The van der Waals surface area contributed by atoms with Crippen molar-refractivity contribution in [3.63, 3.8) is 0 Å². The summed E-state index contributed by atoms with van der Waals surface area (Å²) in [7, 11) is -3.66. The quantitative estimate of drug-likeness (QED) is 0.693. The van der Waals surface area contributed by atoms with E-state index in [0.717, 1.165) is 10.0 Å². The Labute approximate surface area is 185 Å². The van der Waals surface area contributed by atoms with Crippen LogP contribution in [0.3, 0.4) is 0 Å². The Hall–Kier alpha value is -2.23. The Kier molecular flexibility index (Phi) is 6.95. The number of piperazine rings is 1. The fourth-order valence-corrected chi connectivity index (χ4v) is 4.97. The maximum absolute atomic E-state index is 12.9. The highest BCUT2D eigenvalue weighted by atomic mass is 79.9. The van der Waals surface area contributed by atoms with Gasteiger partial charge in [0.2, 0.25) is 15.9 Å². The van der Waals surface area contributed by atoms with Gasteiger partial charge in [-0.15, -0.1) is 0 Å². The fourth-order valence-electron chi connectivity index (χ4n) is 3.29. The maximum atomic E-state index is 12.9. The number of nitrogens with zero attached hydrogens (tertiary/aromatic N) is 2. The van der Waals surface area contributed by atoms with Crippen LogP contribution >= 0.6 is 15.9 Å². The van der Waals surface area contributed by atoms with Gasteiger partial charge >= 0.3 is 0 Å². The number of hydrogen-bond donors (Lipinski definition) is 1. The Morgan fingerprint density at radius 1 is 0.967 bits per heavy atom. The molecule has 1 N–H and O–H groups in total. The highest BCUT2D eigenvalue weighted by molar-refractivity contribution is 9.10. The minimum Gasteiger partial charge on any atom is -0.346 e. The normalized spacial score (nSPS) is 16.2. The molecule has 2 aromatic carbocycles. The first-order valence-electron chi connectivity index (χ1n) is 9.60. The summed E-state index contributed by atoms with van der Waals surface area (Å²) in [4.78, 5) is 25.7. The standard InChI is InChI=1S/C21H24BrN3O4S/c1-15(17-3-7-19(22)8-4-17)23-21(27)18-5-9-20(10-6-18)30(28,29)25-13-11-24(12-14-25)16(2)26/h3-10,15H,11-14H2,1-2H3,(H,23,27)/t15-/m1/s1. The van der Waals surface area contributed by atoms with Crippen LogP contribution in [0.1, 0.15) is 35.8 Å². The Morgan fingerprint density at radius 2 is 1.53 bits per heavy atom. The largest absolute Gasteiger partial charge is 0.346 e. The highest BCUT2D eigenvalue weighted by Crippen LogP contribution is 2.20. The van der Waals surface area contributed by atoms with Crippen molar-refractivity contribution in [1.82, 2.24) is 14.5 Å². The lowest BCUT2D eigenvalue weighted by Gasteiger charge is -2.33. The van der Waals surface area contributed by atoms with Crippen LogP contribution in [0.25, 0.3) is 0 Å². The molecule has 0 aliphatic carbocycles. The summed E-state index contributed by atoms with van der Waals surface area (Å²) in [5.74, 6) is -0.329. The third kappa shape index (κ3) is 5.08. The van der Waals surface area contributed by atoms with Gasteiger partial charge in [0.15, 0.2) is 0 Å². The Bertz CT molecular complexity index is 1020. The molecule has 9 heteroatoms. The van der Waals surface area contributed by atoms with Crippen LogP contribution in [0.5, 0.6) is 0 Å². The average molecular weight is 494 g/mol. The second-order valence-corrected chi connectivity index (χ2v) is 10.0. The fraction of sp³-hybridized carbons (Fsp3) is 0.333. The van der Waals surface area contributed by atoms with E-state index in [1.54, 1.807) is 4.90 Å². The van der Waals surface area contributed by atoms with Gasteiger partial charge in [-0.05, 0) is 48.9 Å². The third-order valence-electron chi connectivity index (χ3n) is 5.16. The lowest BCUT2D eigenvalue weighted by Crippen LogP contribution is -2.49. The van der Waals surface area contributed by atoms with E-state index in [4.69, 9.17) is 0 Å². The predicted octanol–water partition coefficient (Wildman–Crippen LogP) is 2.79. The van der Waals surface area contributed by atoms with Crippen LogP contribution in [0, 0.1) is 0 Å². The van der Waals surface area contributed by atoms with Crippen molar-refractivity contribution in [1.29, 1.82) is 0 Å². The average Bonchev–Trinajstić information content (AvgIpc) is 2.74. The molecule has 0 unspecified atom stereocenters. The number of sulfonamides is 1. The topological polar surface area (TPSA) is 86.8 Å². The van der Waals surface area contributed by atoms with E-state index in [1.807, 2.05) is 31.2 Å². The molecule has 0 aromatic heterocycles. The second kappa shape index (κ2) is 9.28. The number of carbonyl (C=O) groups is 2. The van der Waals surface area contributed by atoms with Crippen molar-refractivity contribution in [2.75, 3.05) is 26.2 Å². The molecule has 0 bridgehead atoms. The smallest absolute Gasteiger partial charge is 0.251 e. The Balaban J connectivity index is 1.65. The van der Waals surface area contributed by atoms with Gasteiger partial charge in [0, 0.05) is 43.1 Å². The third-order valence-corrected chi connectivity index (χ3v) is 7.60. The van der Waals surface area contributed by atoms with Crippen LogP contribution in [0.2, 0.25) is 0 Å². The molecular weight excluding hydrogens is 470 g/mol.